The van der Waals surface area contributed by atoms with Crippen LogP contribution in [0.2, 0.25) is 5.02 Å². The predicted octanol–water partition coefficient (Wildman–Crippen LogP) is 4.14. The molecule has 0 bridgehead atoms. The first-order valence-corrected chi connectivity index (χ1v) is 10.1. The van der Waals surface area contributed by atoms with E-state index in [4.69, 9.17) is 11.6 Å². The van der Waals surface area contributed by atoms with E-state index in [0.717, 1.165) is 43.8 Å². The van der Waals surface area contributed by atoms with Crippen LogP contribution in [0.4, 0.5) is 5.69 Å². The molecule has 2 heterocycles. The molecule has 0 aromatic heterocycles. The molecule has 0 aliphatic carbocycles. The Morgan fingerprint density at radius 2 is 1.96 bits per heavy atom. The van der Waals surface area contributed by atoms with E-state index in [2.05, 4.69) is 52.8 Å². The molecule has 138 valence electrons. The predicted molar refractivity (Wildman–Crippen MR) is 109 cm³/mol. The third-order valence-corrected chi connectivity index (χ3v) is 5.60. The van der Waals surface area contributed by atoms with Gasteiger partial charge in [-0.25, -0.2) is 0 Å². The van der Waals surface area contributed by atoms with Crippen molar-refractivity contribution < 1.29 is 0 Å². The van der Waals surface area contributed by atoms with Crippen LogP contribution in [0.3, 0.4) is 0 Å². The summed E-state index contributed by atoms with van der Waals surface area (Å²) in [5.41, 5.74) is 1.26. The zero-order chi connectivity index (χ0) is 17.6. The minimum atomic E-state index is 0.653. The molecular formula is C21H32ClN3. The Kier molecular flexibility index (Phi) is 6.80. The van der Waals surface area contributed by atoms with Gasteiger partial charge in [0.2, 0.25) is 0 Å². The lowest BCUT2D eigenvalue weighted by Crippen LogP contribution is -2.55. The summed E-state index contributed by atoms with van der Waals surface area (Å²) < 4.78 is 0. The van der Waals surface area contributed by atoms with E-state index < -0.39 is 0 Å². The number of hydrogen-bond donors (Lipinski definition) is 0. The van der Waals surface area contributed by atoms with Crippen LogP contribution in [0.5, 0.6) is 0 Å². The van der Waals surface area contributed by atoms with Gasteiger partial charge in [-0.1, -0.05) is 43.7 Å². The summed E-state index contributed by atoms with van der Waals surface area (Å²) in [4.78, 5) is 7.80. The van der Waals surface area contributed by atoms with Gasteiger partial charge in [-0.15, -0.1) is 0 Å². The Labute approximate surface area is 158 Å². The quantitative estimate of drug-likeness (QED) is 0.730. The van der Waals surface area contributed by atoms with Crippen molar-refractivity contribution in [3.05, 3.63) is 41.4 Å². The minimum Gasteiger partial charge on any atom is -0.369 e. The molecule has 0 amide bonds. The number of piperazine rings is 1. The SMILES string of the molecule is CC(C)/C=C/CN1CCC[C@H](N2CCN(c3cccc(Cl)c3)CC2)C1. The lowest BCUT2D eigenvalue weighted by Gasteiger charge is -2.43. The van der Waals surface area contributed by atoms with Crippen molar-refractivity contribution in [2.24, 2.45) is 5.92 Å². The molecule has 2 aliphatic heterocycles. The summed E-state index contributed by atoms with van der Waals surface area (Å²) in [5.74, 6) is 0.653. The second kappa shape index (κ2) is 9.07. The van der Waals surface area contributed by atoms with Gasteiger partial charge in [0.25, 0.3) is 0 Å². The maximum Gasteiger partial charge on any atom is 0.0426 e. The highest BCUT2D eigenvalue weighted by atomic mass is 35.5. The van der Waals surface area contributed by atoms with Crippen molar-refractivity contribution in [2.75, 3.05) is 50.7 Å². The molecule has 0 spiro atoms. The third kappa shape index (κ3) is 5.47. The van der Waals surface area contributed by atoms with Crippen molar-refractivity contribution in [3.8, 4) is 0 Å². The van der Waals surface area contributed by atoms with Crippen molar-refractivity contribution in [2.45, 2.75) is 32.7 Å². The Balaban J connectivity index is 1.49. The molecular weight excluding hydrogens is 330 g/mol. The van der Waals surface area contributed by atoms with Crippen molar-refractivity contribution in [3.63, 3.8) is 0 Å². The minimum absolute atomic E-state index is 0.653. The van der Waals surface area contributed by atoms with Gasteiger partial charge in [-0.05, 0) is 43.5 Å². The van der Waals surface area contributed by atoms with E-state index in [-0.39, 0.29) is 0 Å². The molecule has 1 aromatic rings. The summed E-state index contributed by atoms with van der Waals surface area (Å²) in [6.07, 6.45) is 7.35. The number of halogens is 1. The number of nitrogens with zero attached hydrogens (tertiary/aromatic N) is 3. The number of likely N-dealkylation sites (tertiary alicyclic amines) is 1. The smallest absolute Gasteiger partial charge is 0.0426 e. The van der Waals surface area contributed by atoms with Gasteiger partial charge in [0.05, 0.1) is 0 Å². The summed E-state index contributed by atoms with van der Waals surface area (Å²) >= 11 is 6.14. The van der Waals surface area contributed by atoms with Crippen LogP contribution >= 0.6 is 11.6 Å². The highest BCUT2D eigenvalue weighted by molar-refractivity contribution is 6.30. The average Bonchev–Trinajstić information content (AvgIpc) is 2.62. The van der Waals surface area contributed by atoms with Gasteiger partial charge < -0.3 is 4.90 Å². The van der Waals surface area contributed by atoms with Crippen LogP contribution < -0.4 is 4.90 Å². The molecule has 25 heavy (non-hydrogen) atoms. The van der Waals surface area contributed by atoms with Crippen LogP contribution in [-0.4, -0.2) is 61.7 Å². The largest absolute Gasteiger partial charge is 0.369 e. The van der Waals surface area contributed by atoms with Crippen molar-refractivity contribution >= 4 is 17.3 Å². The number of piperidine rings is 1. The highest BCUT2D eigenvalue weighted by Crippen LogP contribution is 2.23. The van der Waals surface area contributed by atoms with Gasteiger partial charge in [0, 0.05) is 56.0 Å². The highest BCUT2D eigenvalue weighted by Gasteiger charge is 2.27. The molecule has 4 heteroatoms. The topological polar surface area (TPSA) is 9.72 Å². The maximum absolute atomic E-state index is 6.14. The fourth-order valence-corrected chi connectivity index (χ4v) is 4.18. The molecule has 2 fully saturated rings. The first-order valence-electron chi connectivity index (χ1n) is 9.75. The number of anilines is 1. The maximum atomic E-state index is 6.14. The Hall–Kier alpha value is -1.03. The van der Waals surface area contributed by atoms with Gasteiger partial charge in [0.15, 0.2) is 0 Å². The lowest BCUT2D eigenvalue weighted by atomic mass is 10.0. The van der Waals surface area contributed by atoms with E-state index >= 15 is 0 Å². The van der Waals surface area contributed by atoms with Crippen LogP contribution in [-0.2, 0) is 0 Å². The number of benzene rings is 1. The molecule has 0 radical (unpaired) electrons. The van der Waals surface area contributed by atoms with Crippen LogP contribution in [0.15, 0.2) is 36.4 Å². The summed E-state index contributed by atoms with van der Waals surface area (Å²) in [6, 6.07) is 8.98. The third-order valence-electron chi connectivity index (χ3n) is 5.37. The molecule has 3 nitrogen and oxygen atoms in total. The second-order valence-corrected chi connectivity index (χ2v) is 8.17. The zero-order valence-electron chi connectivity index (χ0n) is 15.7. The normalized spacial score (nSPS) is 23.7. The van der Waals surface area contributed by atoms with E-state index in [1.807, 2.05) is 12.1 Å². The fourth-order valence-electron chi connectivity index (χ4n) is 4.00. The van der Waals surface area contributed by atoms with Gasteiger partial charge >= 0.3 is 0 Å². The molecule has 0 unspecified atom stereocenters. The second-order valence-electron chi connectivity index (χ2n) is 7.73. The summed E-state index contributed by atoms with van der Waals surface area (Å²) in [7, 11) is 0. The Morgan fingerprint density at radius 3 is 2.68 bits per heavy atom. The first kappa shape index (κ1) is 18.8. The van der Waals surface area contributed by atoms with E-state index in [9.17, 15) is 0 Å². The van der Waals surface area contributed by atoms with Crippen molar-refractivity contribution in [1.29, 1.82) is 0 Å². The van der Waals surface area contributed by atoms with E-state index in [1.165, 1.54) is 31.6 Å². The van der Waals surface area contributed by atoms with Gasteiger partial charge in [0.1, 0.15) is 0 Å². The standard InChI is InChI=1S/C21H32ClN3/c1-18(2)6-4-10-23-11-5-9-21(17-23)25-14-12-24(13-15-25)20-8-3-7-19(22)16-20/h3-4,6-8,16,18,21H,5,9-15,17H2,1-2H3/b6-4+/t21-/m0/s1. The molecule has 2 aliphatic rings. The molecule has 0 N–H and O–H groups in total. The lowest BCUT2D eigenvalue weighted by molar-refractivity contribution is 0.0990. The van der Waals surface area contributed by atoms with E-state index in [1.54, 1.807) is 0 Å². The van der Waals surface area contributed by atoms with Crippen LogP contribution in [0.1, 0.15) is 26.7 Å². The Morgan fingerprint density at radius 1 is 1.16 bits per heavy atom. The zero-order valence-corrected chi connectivity index (χ0v) is 16.5. The molecule has 2 saturated heterocycles. The van der Waals surface area contributed by atoms with Crippen molar-refractivity contribution in [1.82, 2.24) is 9.80 Å². The molecule has 0 saturated carbocycles. The number of allylic oxidation sites excluding steroid dienone is 1. The number of hydrogen-bond acceptors (Lipinski definition) is 3. The van der Waals surface area contributed by atoms with Gasteiger partial charge in [-0.3, -0.25) is 9.80 Å². The monoisotopic (exact) mass is 361 g/mol. The average molecular weight is 362 g/mol. The number of rotatable bonds is 5. The van der Waals surface area contributed by atoms with Gasteiger partial charge in [-0.2, -0.15) is 0 Å². The molecule has 1 atom stereocenters. The van der Waals surface area contributed by atoms with Crippen LogP contribution in [0.25, 0.3) is 0 Å². The first-order chi connectivity index (χ1) is 12.1. The summed E-state index contributed by atoms with van der Waals surface area (Å²) in [6.45, 7) is 12.6. The van der Waals surface area contributed by atoms with Crippen LogP contribution in [0, 0.1) is 5.92 Å². The molecule has 3 rings (SSSR count). The Bertz CT molecular complexity index is 564. The fraction of sp³-hybridized carbons (Fsp3) is 0.619. The molecule has 1 aromatic carbocycles. The van der Waals surface area contributed by atoms with E-state index in [0.29, 0.717) is 5.92 Å². The summed E-state index contributed by atoms with van der Waals surface area (Å²) in [5, 5.41) is 0.831.